The van der Waals surface area contributed by atoms with Gasteiger partial charge in [-0.1, -0.05) is 59.6 Å². The highest BCUT2D eigenvalue weighted by Crippen LogP contribution is 2.24. The first-order chi connectivity index (χ1) is 13.4. The lowest BCUT2D eigenvalue weighted by Gasteiger charge is -2.38. The molecule has 1 unspecified atom stereocenters. The van der Waals surface area contributed by atoms with Crippen LogP contribution in [0.5, 0.6) is 0 Å². The Morgan fingerprint density at radius 2 is 1.83 bits per heavy atom. The maximum atomic E-state index is 12.4. The number of hydrogen-bond donors (Lipinski definition) is 1. The van der Waals surface area contributed by atoms with Gasteiger partial charge in [0, 0.05) is 29.7 Å². The highest BCUT2D eigenvalue weighted by molar-refractivity contribution is 6.35. The van der Waals surface area contributed by atoms with Gasteiger partial charge in [0.2, 0.25) is 0 Å². The summed E-state index contributed by atoms with van der Waals surface area (Å²) in [7, 11) is 0. The summed E-state index contributed by atoms with van der Waals surface area (Å²) in [5.41, 5.74) is 1.67. The summed E-state index contributed by atoms with van der Waals surface area (Å²) in [5.74, 6) is -0.995. The fourth-order valence-electron chi connectivity index (χ4n) is 3.09. The van der Waals surface area contributed by atoms with Gasteiger partial charge < -0.3 is 14.7 Å². The molecule has 3 rings (SSSR count). The second-order valence-corrected chi connectivity index (χ2v) is 7.39. The van der Waals surface area contributed by atoms with E-state index in [9.17, 15) is 14.7 Å². The van der Waals surface area contributed by atoms with E-state index in [1.54, 1.807) is 23.1 Å². The highest BCUT2D eigenvalue weighted by atomic mass is 35.5. The van der Waals surface area contributed by atoms with Crippen molar-refractivity contribution in [2.45, 2.75) is 19.2 Å². The third-order valence-electron chi connectivity index (χ3n) is 4.63. The summed E-state index contributed by atoms with van der Waals surface area (Å²) in [5, 5.41) is 10.6. The van der Waals surface area contributed by atoms with Crippen LogP contribution in [0.3, 0.4) is 0 Å². The summed E-state index contributed by atoms with van der Waals surface area (Å²) in [4.78, 5) is 27.3. The number of nitrogens with zero attached hydrogens (tertiary/aromatic N) is 2. The lowest BCUT2D eigenvalue weighted by molar-refractivity contribution is -0.145. The van der Waals surface area contributed by atoms with E-state index in [0.717, 1.165) is 11.1 Å². The fraction of sp³-hybridized carbons (Fsp3) is 0.300. The number of carboxylic acid groups (broad SMARTS) is 1. The van der Waals surface area contributed by atoms with Crippen LogP contribution in [0, 0.1) is 0 Å². The van der Waals surface area contributed by atoms with Gasteiger partial charge in [0.25, 0.3) is 0 Å². The molecule has 1 aliphatic heterocycles. The molecule has 1 fully saturated rings. The Bertz CT molecular complexity index is 851. The minimum Gasteiger partial charge on any atom is -0.480 e. The minimum absolute atomic E-state index is 0. The minimum atomic E-state index is -0.995. The molecule has 1 atom stereocenters. The summed E-state index contributed by atoms with van der Waals surface area (Å²) >= 11 is 12.1. The number of piperazine rings is 1. The maximum absolute atomic E-state index is 12.4. The second kappa shape index (κ2) is 10.7. The number of carbonyl (C=O) groups excluding carboxylic acids is 1. The molecule has 156 valence electrons. The second-order valence-electron chi connectivity index (χ2n) is 6.55. The third kappa shape index (κ3) is 6.24. The molecule has 0 saturated carbocycles. The number of hydrogen-bond acceptors (Lipinski definition) is 4. The average molecular weight is 460 g/mol. The fourth-order valence-corrected chi connectivity index (χ4v) is 3.56. The molecule has 0 spiro atoms. The summed E-state index contributed by atoms with van der Waals surface area (Å²) in [6.45, 7) is 1.34. The largest absolute Gasteiger partial charge is 0.480 e. The van der Waals surface area contributed by atoms with E-state index in [4.69, 9.17) is 27.9 Å². The SMILES string of the molecule is Cl.O=C(O)C1CN(C(=O)OCc2ccccc2)CCN1Cc1ccc(Cl)cc1Cl. The van der Waals surface area contributed by atoms with Gasteiger partial charge in [-0.05, 0) is 23.3 Å². The van der Waals surface area contributed by atoms with Crippen LogP contribution in [-0.4, -0.2) is 52.6 Å². The molecule has 2 aromatic carbocycles. The highest BCUT2D eigenvalue weighted by Gasteiger charge is 2.35. The van der Waals surface area contributed by atoms with Crippen molar-refractivity contribution in [1.82, 2.24) is 9.80 Å². The summed E-state index contributed by atoms with van der Waals surface area (Å²) < 4.78 is 5.32. The first kappa shape index (κ1) is 23.3. The smallest absolute Gasteiger partial charge is 0.410 e. The lowest BCUT2D eigenvalue weighted by Crippen LogP contribution is -2.57. The van der Waals surface area contributed by atoms with Crippen molar-refractivity contribution >= 4 is 47.7 Å². The first-order valence-corrected chi connectivity index (χ1v) is 9.56. The number of aliphatic carboxylic acids is 1. The van der Waals surface area contributed by atoms with Crippen LogP contribution < -0.4 is 0 Å². The molecule has 0 radical (unpaired) electrons. The van der Waals surface area contributed by atoms with Crippen LogP contribution in [0.2, 0.25) is 10.0 Å². The van der Waals surface area contributed by atoms with E-state index in [2.05, 4.69) is 0 Å². The number of carboxylic acids is 1. The Morgan fingerprint density at radius 3 is 2.48 bits per heavy atom. The molecular formula is C20H21Cl3N2O4. The molecular weight excluding hydrogens is 439 g/mol. The van der Waals surface area contributed by atoms with Crippen molar-refractivity contribution in [2.24, 2.45) is 0 Å². The molecule has 29 heavy (non-hydrogen) atoms. The van der Waals surface area contributed by atoms with E-state index < -0.39 is 18.1 Å². The Labute approximate surface area is 185 Å². The van der Waals surface area contributed by atoms with Gasteiger partial charge in [-0.2, -0.15) is 0 Å². The predicted octanol–water partition coefficient (Wildman–Crippen LogP) is 4.32. The predicted molar refractivity (Wildman–Crippen MR) is 114 cm³/mol. The molecule has 6 nitrogen and oxygen atoms in total. The van der Waals surface area contributed by atoms with Crippen molar-refractivity contribution < 1.29 is 19.4 Å². The standard InChI is InChI=1S/C20H20Cl2N2O4.ClH/c21-16-7-6-15(17(22)10-16)11-23-8-9-24(12-18(23)19(25)26)20(27)28-13-14-4-2-1-3-5-14;/h1-7,10,18H,8-9,11-13H2,(H,25,26);1H. The zero-order valence-corrected chi connectivity index (χ0v) is 17.8. The van der Waals surface area contributed by atoms with Crippen LogP contribution >= 0.6 is 35.6 Å². The van der Waals surface area contributed by atoms with Crippen LogP contribution in [0.25, 0.3) is 0 Å². The van der Waals surface area contributed by atoms with Gasteiger partial charge in [-0.25, -0.2) is 4.79 Å². The zero-order chi connectivity index (χ0) is 20.1. The molecule has 2 aromatic rings. The van der Waals surface area contributed by atoms with E-state index >= 15 is 0 Å². The third-order valence-corrected chi connectivity index (χ3v) is 5.22. The Morgan fingerprint density at radius 1 is 1.10 bits per heavy atom. The summed E-state index contributed by atoms with van der Waals surface area (Å²) in [6, 6.07) is 13.6. The lowest BCUT2D eigenvalue weighted by atomic mass is 10.1. The number of amides is 1. The number of halogens is 3. The summed E-state index contributed by atoms with van der Waals surface area (Å²) in [6.07, 6.45) is -0.515. The van der Waals surface area contributed by atoms with E-state index in [0.29, 0.717) is 29.7 Å². The molecule has 1 N–H and O–H groups in total. The van der Waals surface area contributed by atoms with Crippen molar-refractivity contribution in [2.75, 3.05) is 19.6 Å². The molecule has 1 saturated heterocycles. The number of carbonyl (C=O) groups is 2. The molecule has 1 aliphatic rings. The average Bonchev–Trinajstić information content (AvgIpc) is 2.69. The molecule has 0 aromatic heterocycles. The van der Waals surface area contributed by atoms with Gasteiger partial charge in [-0.15, -0.1) is 12.4 Å². The van der Waals surface area contributed by atoms with Crippen molar-refractivity contribution in [3.8, 4) is 0 Å². The van der Waals surface area contributed by atoms with Gasteiger partial charge in [0.05, 0.1) is 6.54 Å². The molecule has 9 heteroatoms. The maximum Gasteiger partial charge on any atom is 0.410 e. The Kier molecular flexibility index (Phi) is 8.59. The molecule has 1 heterocycles. The number of rotatable bonds is 5. The van der Waals surface area contributed by atoms with Gasteiger partial charge in [0.15, 0.2) is 0 Å². The molecule has 0 aliphatic carbocycles. The molecule has 1 amide bonds. The number of benzene rings is 2. The normalized spacial score (nSPS) is 16.8. The van der Waals surface area contributed by atoms with E-state index in [-0.39, 0.29) is 25.6 Å². The Hall–Kier alpha value is -1.99. The topological polar surface area (TPSA) is 70.1 Å². The number of ether oxygens (including phenoxy) is 1. The molecule has 0 bridgehead atoms. The quantitative estimate of drug-likeness (QED) is 0.721. The zero-order valence-electron chi connectivity index (χ0n) is 15.5. The van der Waals surface area contributed by atoms with Gasteiger partial charge in [-0.3, -0.25) is 9.69 Å². The van der Waals surface area contributed by atoms with Crippen LogP contribution in [0.1, 0.15) is 11.1 Å². The van der Waals surface area contributed by atoms with Gasteiger partial charge >= 0.3 is 12.1 Å². The Balaban J connectivity index is 0.00000300. The van der Waals surface area contributed by atoms with E-state index in [1.807, 2.05) is 30.3 Å². The van der Waals surface area contributed by atoms with Gasteiger partial charge in [0.1, 0.15) is 12.6 Å². The van der Waals surface area contributed by atoms with Crippen molar-refractivity contribution in [3.63, 3.8) is 0 Å². The first-order valence-electron chi connectivity index (χ1n) is 8.80. The van der Waals surface area contributed by atoms with E-state index in [1.165, 1.54) is 4.90 Å². The van der Waals surface area contributed by atoms with Crippen molar-refractivity contribution in [1.29, 1.82) is 0 Å². The van der Waals surface area contributed by atoms with Crippen LogP contribution in [0.4, 0.5) is 4.79 Å². The van der Waals surface area contributed by atoms with Crippen LogP contribution in [-0.2, 0) is 22.7 Å². The van der Waals surface area contributed by atoms with Crippen LogP contribution in [0.15, 0.2) is 48.5 Å². The monoisotopic (exact) mass is 458 g/mol. The van der Waals surface area contributed by atoms with Crippen molar-refractivity contribution in [3.05, 3.63) is 69.7 Å².